The van der Waals surface area contributed by atoms with Crippen LogP contribution < -0.4 is 0 Å². The minimum absolute atomic E-state index is 0.0447. The van der Waals surface area contributed by atoms with Gasteiger partial charge in [0, 0.05) is 19.2 Å². The smallest absolute Gasteiger partial charge is 0.248 e. The maximum atomic E-state index is 11.4. The lowest BCUT2D eigenvalue weighted by Crippen LogP contribution is -2.47. The van der Waals surface area contributed by atoms with Gasteiger partial charge in [-0.15, -0.1) is 0 Å². The molecule has 0 radical (unpaired) electrons. The van der Waals surface area contributed by atoms with Gasteiger partial charge in [-0.3, -0.25) is 4.79 Å². The summed E-state index contributed by atoms with van der Waals surface area (Å²) in [6.45, 7) is 1.00. The van der Waals surface area contributed by atoms with E-state index in [1.165, 1.54) is 0 Å². The zero-order valence-corrected chi connectivity index (χ0v) is 7.61. The molecular weight excluding hydrogens is 170 g/mol. The molecule has 2 aliphatic rings. The SMILES string of the molecule is O=C1COC(CCO)CN1C1CC1. The molecule has 4 heteroatoms. The fourth-order valence-electron chi connectivity index (χ4n) is 1.70. The van der Waals surface area contributed by atoms with E-state index in [0.29, 0.717) is 19.0 Å². The molecule has 2 fully saturated rings. The maximum Gasteiger partial charge on any atom is 0.248 e. The molecule has 1 aliphatic heterocycles. The lowest BCUT2D eigenvalue weighted by molar-refractivity contribution is -0.150. The Kier molecular flexibility index (Phi) is 2.51. The number of aliphatic hydroxyl groups is 1. The van der Waals surface area contributed by atoms with Gasteiger partial charge in [-0.1, -0.05) is 0 Å². The van der Waals surface area contributed by atoms with Gasteiger partial charge in [-0.25, -0.2) is 0 Å². The van der Waals surface area contributed by atoms with E-state index >= 15 is 0 Å². The second kappa shape index (κ2) is 3.64. The second-order valence-corrected chi connectivity index (χ2v) is 3.72. The number of amides is 1. The molecule has 1 saturated heterocycles. The van der Waals surface area contributed by atoms with Crippen molar-refractivity contribution in [3.05, 3.63) is 0 Å². The Morgan fingerprint density at radius 1 is 1.54 bits per heavy atom. The van der Waals surface area contributed by atoms with Crippen molar-refractivity contribution in [2.24, 2.45) is 0 Å². The largest absolute Gasteiger partial charge is 0.396 e. The minimum Gasteiger partial charge on any atom is -0.396 e. The second-order valence-electron chi connectivity index (χ2n) is 3.72. The summed E-state index contributed by atoms with van der Waals surface area (Å²) in [5.74, 6) is 0.108. The Hall–Kier alpha value is -0.610. The molecule has 1 N–H and O–H groups in total. The first kappa shape index (κ1) is 8.97. The van der Waals surface area contributed by atoms with E-state index in [0.717, 1.165) is 12.8 Å². The number of carbonyl (C=O) groups is 1. The van der Waals surface area contributed by atoms with Gasteiger partial charge >= 0.3 is 0 Å². The fraction of sp³-hybridized carbons (Fsp3) is 0.889. The van der Waals surface area contributed by atoms with Crippen molar-refractivity contribution in [1.82, 2.24) is 4.90 Å². The molecule has 0 aromatic heterocycles. The van der Waals surface area contributed by atoms with Crippen molar-refractivity contribution >= 4 is 5.91 Å². The number of nitrogens with zero attached hydrogens (tertiary/aromatic N) is 1. The van der Waals surface area contributed by atoms with Crippen molar-refractivity contribution in [2.75, 3.05) is 19.8 Å². The van der Waals surface area contributed by atoms with Crippen molar-refractivity contribution in [3.63, 3.8) is 0 Å². The van der Waals surface area contributed by atoms with Crippen LogP contribution in [-0.4, -0.2) is 47.8 Å². The standard InChI is InChI=1S/C9H15NO3/c11-4-3-8-5-10(7-1-2-7)9(12)6-13-8/h7-8,11H,1-6H2. The summed E-state index contributed by atoms with van der Waals surface area (Å²) in [4.78, 5) is 13.3. The molecule has 0 aromatic rings. The van der Waals surface area contributed by atoms with Gasteiger partial charge in [0.05, 0.1) is 6.10 Å². The number of ether oxygens (including phenoxy) is 1. The first-order valence-corrected chi connectivity index (χ1v) is 4.83. The van der Waals surface area contributed by atoms with Crippen molar-refractivity contribution in [3.8, 4) is 0 Å². The number of hydrogen-bond donors (Lipinski definition) is 1. The topological polar surface area (TPSA) is 49.8 Å². The minimum atomic E-state index is 0.0447. The highest BCUT2D eigenvalue weighted by molar-refractivity contribution is 5.78. The van der Waals surface area contributed by atoms with E-state index in [-0.39, 0.29) is 25.2 Å². The molecule has 1 heterocycles. The highest BCUT2D eigenvalue weighted by atomic mass is 16.5. The molecule has 1 saturated carbocycles. The zero-order chi connectivity index (χ0) is 9.26. The zero-order valence-electron chi connectivity index (χ0n) is 7.61. The number of rotatable bonds is 3. The lowest BCUT2D eigenvalue weighted by atomic mass is 10.2. The molecule has 4 nitrogen and oxygen atoms in total. The van der Waals surface area contributed by atoms with Crippen molar-refractivity contribution < 1.29 is 14.6 Å². The molecule has 1 aliphatic carbocycles. The first-order chi connectivity index (χ1) is 6.31. The number of aliphatic hydroxyl groups excluding tert-OH is 1. The Morgan fingerprint density at radius 2 is 2.31 bits per heavy atom. The average molecular weight is 185 g/mol. The summed E-state index contributed by atoms with van der Waals surface area (Å²) in [5, 5.41) is 8.74. The fourth-order valence-corrected chi connectivity index (χ4v) is 1.70. The number of morpholine rings is 1. The van der Waals surface area contributed by atoms with Gasteiger partial charge < -0.3 is 14.7 Å². The van der Waals surface area contributed by atoms with Crippen LogP contribution in [0.25, 0.3) is 0 Å². The average Bonchev–Trinajstić information content (AvgIpc) is 2.92. The van der Waals surface area contributed by atoms with Crippen LogP contribution in [0.4, 0.5) is 0 Å². The molecule has 13 heavy (non-hydrogen) atoms. The van der Waals surface area contributed by atoms with Gasteiger partial charge in [0.15, 0.2) is 0 Å². The first-order valence-electron chi connectivity index (χ1n) is 4.83. The third kappa shape index (κ3) is 2.00. The summed E-state index contributed by atoms with van der Waals surface area (Å²) in [6, 6.07) is 0.470. The summed E-state index contributed by atoms with van der Waals surface area (Å²) in [7, 11) is 0. The predicted molar refractivity (Wildman–Crippen MR) is 46.2 cm³/mol. The van der Waals surface area contributed by atoms with Gasteiger partial charge in [0.1, 0.15) is 6.61 Å². The summed E-state index contributed by atoms with van der Waals surface area (Å²) in [6.07, 6.45) is 2.95. The molecule has 2 rings (SSSR count). The van der Waals surface area contributed by atoms with Crippen LogP contribution in [-0.2, 0) is 9.53 Å². The molecule has 0 bridgehead atoms. The molecule has 0 aromatic carbocycles. The van der Waals surface area contributed by atoms with Gasteiger partial charge in [0.25, 0.3) is 0 Å². The predicted octanol–water partition coefficient (Wildman–Crippen LogP) is -0.241. The molecule has 1 unspecified atom stereocenters. The van der Waals surface area contributed by atoms with Crippen LogP contribution >= 0.6 is 0 Å². The van der Waals surface area contributed by atoms with Crippen LogP contribution in [0.5, 0.6) is 0 Å². The highest BCUT2D eigenvalue weighted by Crippen LogP contribution is 2.29. The van der Waals surface area contributed by atoms with E-state index in [1.54, 1.807) is 0 Å². The van der Waals surface area contributed by atoms with Crippen LogP contribution in [0.15, 0.2) is 0 Å². The van der Waals surface area contributed by atoms with E-state index in [9.17, 15) is 4.79 Å². The third-order valence-electron chi connectivity index (χ3n) is 2.60. The number of hydrogen-bond acceptors (Lipinski definition) is 3. The van der Waals surface area contributed by atoms with E-state index in [1.807, 2.05) is 4.90 Å². The normalized spacial score (nSPS) is 29.5. The molecule has 1 amide bonds. The summed E-state index contributed by atoms with van der Waals surface area (Å²) >= 11 is 0. The van der Waals surface area contributed by atoms with E-state index in [4.69, 9.17) is 9.84 Å². The van der Waals surface area contributed by atoms with Crippen LogP contribution in [0, 0.1) is 0 Å². The lowest BCUT2D eigenvalue weighted by Gasteiger charge is -2.32. The molecule has 0 spiro atoms. The van der Waals surface area contributed by atoms with Gasteiger partial charge in [-0.05, 0) is 19.3 Å². The molecular formula is C9H15NO3. The molecule has 74 valence electrons. The summed E-state index contributed by atoms with van der Waals surface area (Å²) in [5.41, 5.74) is 0. The van der Waals surface area contributed by atoms with Gasteiger partial charge in [-0.2, -0.15) is 0 Å². The third-order valence-corrected chi connectivity index (χ3v) is 2.60. The Labute approximate surface area is 77.5 Å². The maximum absolute atomic E-state index is 11.4. The quantitative estimate of drug-likeness (QED) is 0.660. The Bertz CT molecular complexity index is 203. The Balaban J connectivity index is 1.88. The van der Waals surface area contributed by atoms with E-state index in [2.05, 4.69) is 0 Å². The number of carbonyl (C=O) groups excluding carboxylic acids is 1. The van der Waals surface area contributed by atoms with Crippen LogP contribution in [0.3, 0.4) is 0 Å². The monoisotopic (exact) mass is 185 g/mol. The summed E-state index contributed by atoms with van der Waals surface area (Å²) < 4.78 is 5.29. The van der Waals surface area contributed by atoms with Crippen molar-refractivity contribution in [2.45, 2.75) is 31.4 Å². The van der Waals surface area contributed by atoms with Crippen LogP contribution in [0.1, 0.15) is 19.3 Å². The van der Waals surface area contributed by atoms with Crippen LogP contribution in [0.2, 0.25) is 0 Å². The van der Waals surface area contributed by atoms with E-state index < -0.39 is 0 Å². The Morgan fingerprint density at radius 3 is 2.92 bits per heavy atom. The highest BCUT2D eigenvalue weighted by Gasteiger charge is 2.36. The van der Waals surface area contributed by atoms with Crippen molar-refractivity contribution in [1.29, 1.82) is 0 Å². The molecule has 1 atom stereocenters. The van der Waals surface area contributed by atoms with Gasteiger partial charge in [0.2, 0.25) is 5.91 Å².